The van der Waals surface area contributed by atoms with Gasteiger partial charge in [0.1, 0.15) is 11.6 Å². The second-order valence-electron chi connectivity index (χ2n) is 6.64. The van der Waals surface area contributed by atoms with Gasteiger partial charge in [0, 0.05) is 10.5 Å². The number of aliphatic hydroxyl groups is 1. The molecule has 0 aliphatic heterocycles. The summed E-state index contributed by atoms with van der Waals surface area (Å²) < 4.78 is 78.5. The molecule has 146 valence electrons. The molecule has 0 saturated heterocycles. The van der Waals surface area contributed by atoms with Crippen LogP contribution in [-0.2, 0) is 21.7 Å². The fourth-order valence-corrected chi connectivity index (χ4v) is 5.26. The highest BCUT2D eigenvalue weighted by molar-refractivity contribution is 7.86. The Morgan fingerprint density at radius 3 is 2.15 bits per heavy atom. The van der Waals surface area contributed by atoms with Gasteiger partial charge < -0.3 is 5.11 Å². The highest BCUT2D eigenvalue weighted by Crippen LogP contribution is 2.46. The maximum absolute atomic E-state index is 14.5. The van der Waals surface area contributed by atoms with Gasteiger partial charge in [-0.2, -0.15) is 13.2 Å². The first kappa shape index (κ1) is 19.9. The van der Waals surface area contributed by atoms with Gasteiger partial charge in [-0.3, -0.25) is 4.21 Å². The standard InChI is InChI=1S/C19H17F5O2S/c20-13-3-6-17(21)16(11-13)18(9-7-14(25)8-10-18)27(26)15-4-1-12(2-5-15)19(22,23)24/h1-6,11,14,25H,7-10H2. The molecule has 1 atom stereocenters. The van der Waals surface area contributed by atoms with Crippen LogP contribution in [-0.4, -0.2) is 15.4 Å². The Kier molecular flexibility index (Phi) is 5.40. The Labute approximate surface area is 155 Å². The van der Waals surface area contributed by atoms with Crippen LogP contribution in [0.1, 0.15) is 36.8 Å². The molecule has 0 amide bonds. The van der Waals surface area contributed by atoms with Crippen molar-refractivity contribution in [3.63, 3.8) is 0 Å². The molecule has 2 aromatic carbocycles. The summed E-state index contributed by atoms with van der Waals surface area (Å²) in [5, 5.41) is 9.80. The van der Waals surface area contributed by atoms with Gasteiger partial charge in [-0.1, -0.05) is 0 Å². The van der Waals surface area contributed by atoms with E-state index in [1.165, 1.54) is 0 Å². The van der Waals surface area contributed by atoms with Crippen LogP contribution in [0.5, 0.6) is 0 Å². The van der Waals surface area contributed by atoms with E-state index in [-0.39, 0.29) is 36.1 Å². The molecule has 0 spiro atoms. The first-order valence-electron chi connectivity index (χ1n) is 8.36. The van der Waals surface area contributed by atoms with Crippen molar-refractivity contribution in [3.8, 4) is 0 Å². The van der Waals surface area contributed by atoms with Crippen LogP contribution in [0.3, 0.4) is 0 Å². The Hall–Kier alpha value is -1.80. The Morgan fingerprint density at radius 1 is 1.00 bits per heavy atom. The van der Waals surface area contributed by atoms with E-state index in [1.807, 2.05) is 0 Å². The monoisotopic (exact) mass is 404 g/mol. The minimum atomic E-state index is -4.53. The Balaban J connectivity index is 2.06. The van der Waals surface area contributed by atoms with E-state index in [1.54, 1.807) is 0 Å². The van der Waals surface area contributed by atoms with Crippen molar-refractivity contribution in [1.29, 1.82) is 0 Å². The molecule has 2 nitrogen and oxygen atoms in total. The molecular weight excluding hydrogens is 387 g/mol. The van der Waals surface area contributed by atoms with Gasteiger partial charge in [-0.05, 0) is 68.1 Å². The van der Waals surface area contributed by atoms with Crippen LogP contribution in [0.4, 0.5) is 22.0 Å². The van der Waals surface area contributed by atoms with Crippen molar-refractivity contribution in [2.45, 2.75) is 47.6 Å². The minimum absolute atomic E-state index is 0.0763. The molecule has 2 aromatic rings. The predicted molar refractivity (Wildman–Crippen MR) is 90.4 cm³/mol. The molecular formula is C19H17F5O2S. The van der Waals surface area contributed by atoms with Gasteiger partial charge in [0.25, 0.3) is 0 Å². The average molecular weight is 404 g/mol. The first-order valence-corrected chi connectivity index (χ1v) is 9.51. The van der Waals surface area contributed by atoms with Crippen molar-refractivity contribution < 1.29 is 31.3 Å². The zero-order chi connectivity index (χ0) is 19.8. The maximum atomic E-state index is 14.5. The van der Waals surface area contributed by atoms with Crippen LogP contribution in [0.15, 0.2) is 47.4 Å². The summed E-state index contributed by atoms with van der Waals surface area (Å²) in [7, 11) is -1.93. The van der Waals surface area contributed by atoms with Gasteiger partial charge in [0.15, 0.2) is 0 Å². The minimum Gasteiger partial charge on any atom is -0.393 e. The highest BCUT2D eigenvalue weighted by Gasteiger charge is 2.44. The average Bonchev–Trinajstić information content (AvgIpc) is 2.63. The van der Waals surface area contributed by atoms with Gasteiger partial charge in [-0.25, -0.2) is 8.78 Å². The molecule has 1 aliphatic rings. The van der Waals surface area contributed by atoms with Crippen LogP contribution < -0.4 is 0 Å². The van der Waals surface area contributed by atoms with Crippen LogP contribution in [0.25, 0.3) is 0 Å². The summed E-state index contributed by atoms with van der Waals surface area (Å²) in [6.07, 6.45) is -4.43. The summed E-state index contributed by atoms with van der Waals surface area (Å²) in [5.41, 5.74) is -0.957. The SMILES string of the molecule is O=S(c1ccc(C(F)(F)F)cc1)C1(c2cc(F)ccc2F)CCC(O)CC1. The number of halogens is 5. The predicted octanol–water partition coefficient (Wildman–Crippen LogP) is 4.92. The van der Waals surface area contributed by atoms with E-state index in [9.17, 15) is 31.3 Å². The first-order chi connectivity index (χ1) is 12.6. The van der Waals surface area contributed by atoms with Crippen molar-refractivity contribution in [2.24, 2.45) is 0 Å². The molecule has 1 saturated carbocycles. The molecule has 1 N–H and O–H groups in total. The number of hydrogen-bond acceptors (Lipinski definition) is 2. The molecule has 0 radical (unpaired) electrons. The second kappa shape index (κ2) is 7.31. The molecule has 1 aliphatic carbocycles. The molecule has 8 heteroatoms. The third kappa shape index (κ3) is 3.91. The number of aliphatic hydroxyl groups excluding tert-OH is 1. The summed E-state index contributed by atoms with van der Waals surface area (Å²) in [6.45, 7) is 0. The molecule has 0 aromatic heterocycles. The van der Waals surface area contributed by atoms with Crippen molar-refractivity contribution >= 4 is 10.8 Å². The van der Waals surface area contributed by atoms with Crippen LogP contribution in [0, 0.1) is 11.6 Å². The lowest BCUT2D eigenvalue weighted by atomic mass is 9.81. The van der Waals surface area contributed by atoms with E-state index in [0.717, 1.165) is 42.5 Å². The van der Waals surface area contributed by atoms with E-state index in [4.69, 9.17) is 0 Å². The number of benzene rings is 2. The fourth-order valence-electron chi connectivity index (χ4n) is 3.46. The normalized spacial score (nSPS) is 24.6. The van der Waals surface area contributed by atoms with Crippen molar-refractivity contribution in [2.75, 3.05) is 0 Å². The quantitative estimate of drug-likeness (QED) is 0.738. The summed E-state index contributed by atoms with van der Waals surface area (Å²) >= 11 is 0. The van der Waals surface area contributed by atoms with E-state index >= 15 is 0 Å². The fraction of sp³-hybridized carbons (Fsp3) is 0.368. The number of hydrogen-bond donors (Lipinski definition) is 1. The molecule has 0 heterocycles. The largest absolute Gasteiger partial charge is 0.416 e. The lowest BCUT2D eigenvalue weighted by Crippen LogP contribution is -2.38. The van der Waals surface area contributed by atoms with Gasteiger partial charge in [0.05, 0.1) is 27.2 Å². The van der Waals surface area contributed by atoms with Gasteiger partial charge in [0.2, 0.25) is 0 Å². The number of alkyl halides is 3. The van der Waals surface area contributed by atoms with E-state index in [2.05, 4.69) is 0 Å². The maximum Gasteiger partial charge on any atom is 0.416 e. The second-order valence-corrected chi connectivity index (χ2v) is 8.43. The van der Waals surface area contributed by atoms with Crippen molar-refractivity contribution in [1.82, 2.24) is 0 Å². The zero-order valence-corrected chi connectivity index (χ0v) is 14.9. The van der Waals surface area contributed by atoms with Gasteiger partial charge in [-0.15, -0.1) is 0 Å². The Bertz CT molecular complexity index is 840. The Morgan fingerprint density at radius 2 is 1.59 bits per heavy atom. The molecule has 1 fully saturated rings. The van der Waals surface area contributed by atoms with Crippen LogP contribution >= 0.6 is 0 Å². The molecule has 3 rings (SSSR count). The molecule has 27 heavy (non-hydrogen) atoms. The van der Waals surface area contributed by atoms with Gasteiger partial charge >= 0.3 is 6.18 Å². The molecule has 0 bridgehead atoms. The zero-order valence-electron chi connectivity index (χ0n) is 14.1. The van der Waals surface area contributed by atoms with E-state index < -0.39 is 45.0 Å². The summed E-state index contributed by atoms with van der Waals surface area (Å²) in [6, 6.07) is 6.72. The summed E-state index contributed by atoms with van der Waals surface area (Å²) in [5.74, 6) is -1.42. The lowest BCUT2D eigenvalue weighted by Gasteiger charge is -2.38. The summed E-state index contributed by atoms with van der Waals surface area (Å²) in [4.78, 5) is 0.100. The third-order valence-corrected chi connectivity index (χ3v) is 6.97. The lowest BCUT2D eigenvalue weighted by molar-refractivity contribution is -0.137. The molecule has 1 unspecified atom stereocenters. The van der Waals surface area contributed by atoms with Crippen molar-refractivity contribution in [3.05, 3.63) is 65.2 Å². The number of rotatable bonds is 3. The smallest absolute Gasteiger partial charge is 0.393 e. The van der Waals surface area contributed by atoms with Crippen LogP contribution in [0.2, 0.25) is 0 Å². The van der Waals surface area contributed by atoms with E-state index in [0.29, 0.717) is 0 Å². The topological polar surface area (TPSA) is 37.3 Å². The highest BCUT2D eigenvalue weighted by atomic mass is 32.2. The third-order valence-electron chi connectivity index (χ3n) is 4.93.